The molecule has 3 aromatic rings. The van der Waals surface area contributed by atoms with Crippen LogP contribution in [0.25, 0.3) is 0 Å². The van der Waals surface area contributed by atoms with Crippen molar-refractivity contribution in [3.05, 3.63) is 75.0 Å². The van der Waals surface area contributed by atoms with Gasteiger partial charge >= 0.3 is 5.97 Å². The summed E-state index contributed by atoms with van der Waals surface area (Å²) in [5.74, 6) is 0.679. The molecule has 1 aromatic heterocycles. The zero-order valence-electron chi connectivity index (χ0n) is 20.2. The van der Waals surface area contributed by atoms with Crippen molar-refractivity contribution in [2.45, 2.75) is 20.5 Å². The Morgan fingerprint density at radius 3 is 2.42 bits per heavy atom. The van der Waals surface area contributed by atoms with Gasteiger partial charge in [-0.25, -0.2) is 14.8 Å². The molecule has 0 amide bonds. The van der Waals surface area contributed by atoms with Crippen LogP contribution in [0.15, 0.2) is 42.6 Å². The van der Waals surface area contributed by atoms with E-state index < -0.39 is 5.97 Å². The standard InChI is InChI=1S/C26H28Cl2N4O4/c1-17-13-19(14-18(2)24(17)28)35-12-11-31-7-9-32(10-8-31)26-29-15-20(25(33)34)22(30-26)16-36-23-6-4-3-5-21(23)27/h3-6,13-15H,7-12,16H2,1-2H3,(H,33,34). The third kappa shape index (κ3) is 6.37. The highest BCUT2D eigenvalue weighted by Crippen LogP contribution is 2.26. The van der Waals surface area contributed by atoms with E-state index in [2.05, 4.69) is 14.9 Å². The highest BCUT2D eigenvalue weighted by atomic mass is 35.5. The Kier molecular flexibility index (Phi) is 8.51. The van der Waals surface area contributed by atoms with E-state index >= 15 is 0 Å². The summed E-state index contributed by atoms with van der Waals surface area (Å²) in [5, 5.41) is 10.8. The minimum absolute atomic E-state index is 0.00858. The normalized spacial score (nSPS) is 14.1. The maximum Gasteiger partial charge on any atom is 0.339 e. The van der Waals surface area contributed by atoms with Crippen molar-refractivity contribution >= 4 is 35.1 Å². The molecule has 2 aromatic carbocycles. The number of aromatic nitrogens is 2. The number of aryl methyl sites for hydroxylation is 2. The van der Waals surface area contributed by atoms with Gasteiger partial charge in [0.05, 0.1) is 10.7 Å². The third-order valence-corrected chi connectivity index (χ3v) is 6.94. The Labute approximate surface area is 220 Å². The highest BCUT2D eigenvalue weighted by Gasteiger charge is 2.22. The second kappa shape index (κ2) is 11.8. The van der Waals surface area contributed by atoms with Gasteiger partial charge in [0.2, 0.25) is 5.95 Å². The van der Waals surface area contributed by atoms with Gasteiger partial charge in [0.15, 0.2) is 0 Å². The number of piperazine rings is 1. The van der Waals surface area contributed by atoms with Crippen LogP contribution in [-0.4, -0.2) is 65.3 Å². The summed E-state index contributed by atoms with van der Waals surface area (Å²) < 4.78 is 11.7. The van der Waals surface area contributed by atoms with Crippen LogP contribution in [0.5, 0.6) is 11.5 Å². The minimum Gasteiger partial charge on any atom is -0.492 e. The average Bonchev–Trinajstić information content (AvgIpc) is 2.87. The van der Waals surface area contributed by atoms with Gasteiger partial charge in [-0.15, -0.1) is 0 Å². The molecule has 0 bridgehead atoms. The molecule has 0 saturated carbocycles. The predicted molar refractivity (Wildman–Crippen MR) is 140 cm³/mol. The molecule has 4 rings (SSSR count). The number of ether oxygens (including phenoxy) is 2. The molecule has 10 heteroatoms. The summed E-state index contributed by atoms with van der Waals surface area (Å²) in [7, 11) is 0. The van der Waals surface area contributed by atoms with E-state index in [1.165, 1.54) is 6.20 Å². The first-order chi connectivity index (χ1) is 17.3. The highest BCUT2D eigenvalue weighted by molar-refractivity contribution is 6.32. The molecule has 1 aliphatic rings. The molecule has 1 saturated heterocycles. The number of carbonyl (C=O) groups is 1. The van der Waals surface area contributed by atoms with Gasteiger partial charge in [0.25, 0.3) is 0 Å². The number of carboxylic acid groups (broad SMARTS) is 1. The van der Waals surface area contributed by atoms with Crippen molar-refractivity contribution in [3.63, 3.8) is 0 Å². The van der Waals surface area contributed by atoms with Crippen LogP contribution < -0.4 is 14.4 Å². The zero-order valence-corrected chi connectivity index (χ0v) is 21.7. The molecule has 0 atom stereocenters. The lowest BCUT2D eigenvalue weighted by molar-refractivity contribution is 0.0692. The summed E-state index contributed by atoms with van der Waals surface area (Å²) in [6, 6.07) is 10.9. The Balaban J connectivity index is 1.33. The summed E-state index contributed by atoms with van der Waals surface area (Å²) in [6.07, 6.45) is 1.34. The van der Waals surface area contributed by atoms with Gasteiger partial charge in [-0.2, -0.15) is 0 Å². The molecular formula is C26H28Cl2N4O4. The van der Waals surface area contributed by atoms with Crippen LogP contribution in [-0.2, 0) is 6.61 Å². The second-order valence-electron chi connectivity index (χ2n) is 8.60. The number of para-hydroxylation sites is 1. The quantitative estimate of drug-likeness (QED) is 0.418. The number of halogens is 2. The number of nitrogens with zero attached hydrogens (tertiary/aromatic N) is 4. The van der Waals surface area contributed by atoms with Gasteiger partial charge in [0, 0.05) is 43.9 Å². The lowest BCUT2D eigenvalue weighted by atomic mass is 10.1. The average molecular weight is 531 g/mol. The topological polar surface area (TPSA) is 88.0 Å². The van der Waals surface area contributed by atoms with Gasteiger partial charge in [-0.3, -0.25) is 4.90 Å². The number of hydrogen-bond donors (Lipinski definition) is 1. The third-order valence-electron chi connectivity index (χ3n) is 6.03. The Morgan fingerprint density at radius 1 is 1.06 bits per heavy atom. The fraction of sp³-hybridized carbons (Fsp3) is 0.346. The van der Waals surface area contributed by atoms with Crippen LogP contribution >= 0.6 is 23.2 Å². The van der Waals surface area contributed by atoms with Crippen LogP contribution in [0.3, 0.4) is 0 Å². The monoisotopic (exact) mass is 530 g/mol. The van der Waals surface area contributed by atoms with E-state index in [-0.39, 0.29) is 12.2 Å². The van der Waals surface area contributed by atoms with Crippen molar-refractivity contribution in [1.82, 2.24) is 14.9 Å². The van der Waals surface area contributed by atoms with Gasteiger partial charge in [0.1, 0.15) is 30.3 Å². The number of rotatable bonds is 9. The van der Waals surface area contributed by atoms with Gasteiger partial charge in [-0.1, -0.05) is 35.3 Å². The fourth-order valence-electron chi connectivity index (χ4n) is 4.01. The zero-order chi connectivity index (χ0) is 25.7. The van der Waals surface area contributed by atoms with Crippen LogP contribution in [0, 0.1) is 13.8 Å². The summed E-state index contributed by atoms with van der Waals surface area (Å²) in [5.41, 5.74) is 2.32. The molecule has 0 aliphatic carbocycles. The number of benzene rings is 2. The van der Waals surface area contributed by atoms with Gasteiger partial charge in [-0.05, 0) is 49.2 Å². The van der Waals surface area contributed by atoms with Crippen molar-refractivity contribution in [2.24, 2.45) is 0 Å². The number of anilines is 1. The van der Waals surface area contributed by atoms with E-state index in [4.69, 9.17) is 32.7 Å². The smallest absolute Gasteiger partial charge is 0.339 e. The molecule has 36 heavy (non-hydrogen) atoms. The Hall–Kier alpha value is -3.07. The van der Waals surface area contributed by atoms with Crippen LogP contribution in [0.4, 0.5) is 5.95 Å². The van der Waals surface area contributed by atoms with E-state index in [0.29, 0.717) is 29.0 Å². The van der Waals surface area contributed by atoms with E-state index in [1.807, 2.05) is 30.9 Å². The van der Waals surface area contributed by atoms with Gasteiger partial charge < -0.3 is 19.5 Å². The number of carboxylic acids is 1. The predicted octanol–water partition coefficient (Wildman–Crippen LogP) is 4.88. The maximum atomic E-state index is 11.7. The molecule has 0 unspecified atom stereocenters. The SMILES string of the molecule is Cc1cc(OCCN2CCN(c3ncc(C(=O)O)c(COc4ccccc4Cl)n3)CC2)cc(C)c1Cl. The molecule has 0 radical (unpaired) electrons. The van der Waals surface area contributed by atoms with Crippen molar-refractivity contribution < 1.29 is 19.4 Å². The first-order valence-electron chi connectivity index (χ1n) is 11.6. The van der Waals surface area contributed by atoms with Crippen molar-refractivity contribution in [1.29, 1.82) is 0 Å². The molecule has 1 N–H and O–H groups in total. The molecule has 8 nitrogen and oxygen atoms in total. The van der Waals surface area contributed by atoms with E-state index in [1.54, 1.807) is 24.3 Å². The summed E-state index contributed by atoms with van der Waals surface area (Å²) >= 11 is 12.4. The van der Waals surface area contributed by atoms with E-state index in [0.717, 1.165) is 54.6 Å². The van der Waals surface area contributed by atoms with Crippen LogP contribution in [0.1, 0.15) is 27.2 Å². The molecule has 1 fully saturated rings. The first kappa shape index (κ1) is 26.0. The molecule has 0 spiro atoms. The molecule has 190 valence electrons. The largest absolute Gasteiger partial charge is 0.492 e. The lowest BCUT2D eigenvalue weighted by Gasteiger charge is -2.34. The molecular weight excluding hydrogens is 503 g/mol. The molecule has 2 heterocycles. The Morgan fingerprint density at radius 2 is 1.75 bits per heavy atom. The minimum atomic E-state index is -1.10. The Bertz CT molecular complexity index is 1210. The maximum absolute atomic E-state index is 11.7. The fourth-order valence-corrected chi connectivity index (χ4v) is 4.31. The lowest BCUT2D eigenvalue weighted by Crippen LogP contribution is -2.48. The summed E-state index contributed by atoms with van der Waals surface area (Å²) in [4.78, 5) is 24.9. The van der Waals surface area contributed by atoms with Crippen LogP contribution in [0.2, 0.25) is 10.0 Å². The van der Waals surface area contributed by atoms with E-state index in [9.17, 15) is 9.90 Å². The molecule has 1 aliphatic heterocycles. The number of hydrogen-bond acceptors (Lipinski definition) is 7. The first-order valence-corrected chi connectivity index (χ1v) is 12.4. The number of aromatic carboxylic acids is 1. The van der Waals surface area contributed by atoms with Crippen molar-refractivity contribution in [2.75, 3.05) is 44.2 Å². The summed E-state index contributed by atoms with van der Waals surface area (Å²) in [6.45, 7) is 8.36. The van der Waals surface area contributed by atoms with Crippen molar-refractivity contribution in [3.8, 4) is 11.5 Å². The second-order valence-corrected chi connectivity index (χ2v) is 9.39.